The molecule has 0 saturated carbocycles. The van der Waals surface area contributed by atoms with Gasteiger partial charge >= 0.3 is 6.16 Å². The van der Waals surface area contributed by atoms with Crippen molar-refractivity contribution in [2.45, 2.75) is 19.8 Å². The van der Waals surface area contributed by atoms with E-state index in [1.165, 1.54) is 19.4 Å². The third-order valence-electron chi connectivity index (χ3n) is 1.68. The van der Waals surface area contributed by atoms with Crippen LogP contribution in [0.3, 0.4) is 0 Å². The third kappa shape index (κ3) is 8.64. The summed E-state index contributed by atoms with van der Waals surface area (Å²) >= 11 is 0. The molecule has 0 bridgehead atoms. The molecule has 1 aliphatic heterocycles. The molecule has 2 N–H and O–H groups in total. The molecule has 0 aromatic carbocycles. The van der Waals surface area contributed by atoms with E-state index < -0.39 is 6.16 Å². The molecule has 14 heavy (non-hydrogen) atoms. The van der Waals surface area contributed by atoms with E-state index in [0.29, 0.717) is 0 Å². The SMILES string of the molecule is CCCCN1C=CC=CC1.O=C(O)O. The molecular weight excluding hydrogens is 182 g/mol. The van der Waals surface area contributed by atoms with Crippen molar-refractivity contribution in [1.82, 2.24) is 4.90 Å². The molecule has 0 unspecified atom stereocenters. The van der Waals surface area contributed by atoms with Crippen LogP contribution in [-0.4, -0.2) is 34.4 Å². The number of carbonyl (C=O) groups is 1. The van der Waals surface area contributed by atoms with Crippen LogP contribution in [0.2, 0.25) is 0 Å². The van der Waals surface area contributed by atoms with Crippen molar-refractivity contribution in [2.75, 3.05) is 13.1 Å². The number of hydrogen-bond acceptors (Lipinski definition) is 2. The van der Waals surface area contributed by atoms with Crippen LogP contribution < -0.4 is 0 Å². The molecule has 4 nitrogen and oxygen atoms in total. The fraction of sp³-hybridized carbons (Fsp3) is 0.500. The van der Waals surface area contributed by atoms with Gasteiger partial charge in [-0.1, -0.05) is 25.5 Å². The van der Waals surface area contributed by atoms with E-state index in [9.17, 15) is 0 Å². The fourth-order valence-electron chi connectivity index (χ4n) is 1.03. The minimum Gasteiger partial charge on any atom is -0.450 e. The second-order valence-corrected chi connectivity index (χ2v) is 2.90. The predicted molar refractivity (Wildman–Crippen MR) is 55.4 cm³/mol. The van der Waals surface area contributed by atoms with E-state index in [4.69, 9.17) is 15.0 Å². The maximum Gasteiger partial charge on any atom is 0.503 e. The first-order valence-corrected chi connectivity index (χ1v) is 4.66. The Morgan fingerprint density at radius 1 is 1.43 bits per heavy atom. The van der Waals surface area contributed by atoms with Gasteiger partial charge in [-0.25, -0.2) is 4.79 Å². The lowest BCUT2D eigenvalue weighted by Crippen LogP contribution is -2.19. The number of rotatable bonds is 3. The monoisotopic (exact) mass is 199 g/mol. The van der Waals surface area contributed by atoms with Gasteiger partial charge in [-0.15, -0.1) is 0 Å². The van der Waals surface area contributed by atoms with E-state index in [0.717, 1.165) is 6.54 Å². The molecule has 0 saturated heterocycles. The Morgan fingerprint density at radius 2 is 2.07 bits per heavy atom. The van der Waals surface area contributed by atoms with E-state index in [1.807, 2.05) is 0 Å². The Kier molecular flexibility index (Phi) is 7.32. The zero-order valence-corrected chi connectivity index (χ0v) is 8.39. The van der Waals surface area contributed by atoms with Gasteiger partial charge in [0.05, 0.1) is 0 Å². The Hall–Kier alpha value is -1.45. The summed E-state index contributed by atoms with van der Waals surface area (Å²) < 4.78 is 0. The Labute approximate surface area is 84.2 Å². The van der Waals surface area contributed by atoms with Gasteiger partial charge in [-0.2, -0.15) is 0 Å². The van der Waals surface area contributed by atoms with Gasteiger partial charge in [-0.05, 0) is 18.7 Å². The van der Waals surface area contributed by atoms with Gasteiger partial charge < -0.3 is 15.1 Å². The highest BCUT2D eigenvalue weighted by Crippen LogP contribution is 2.00. The van der Waals surface area contributed by atoms with Crippen LogP contribution in [0.5, 0.6) is 0 Å². The van der Waals surface area contributed by atoms with Crippen molar-refractivity contribution in [3.63, 3.8) is 0 Å². The summed E-state index contributed by atoms with van der Waals surface area (Å²) in [5.74, 6) is 0. The molecule has 0 aromatic heterocycles. The summed E-state index contributed by atoms with van der Waals surface area (Å²) in [6, 6.07) is 0. The Morgan fingerprint density at radius 3 is 2.50 bits per heavy atom. The van der Waals surface area contributed by atoms with Crippen LogP contribution in [0, 0.1) is 0 Å². The molecule has 0 radical (unpaired) electrons. The lowest BCUT2D eigenvalue weighted by atomic mass is 10.3. The van der Waals surface area contributed by atoms with E-state index in [1.54, 1.807) is 0 Å². The molecule has 0 atom stereocenters. The van der Waals surface area contributed by atoms with Gasteiger partial charge in [0.15, 0.2) is 0 Å². The molecule has 0 aromatic rings. The van der Waals surface area contributed by atoms with Crippen LogP contribution in [-0.2, 0) is 0 Å². The molecular formula is C10H17NO3. The van der Waals surface area contributed by atoms with E-state index in [-0.39, 0.29) is 0 Å². The first-order chi connectivity index (χ1) is 6.66. The first-order valence-electron chi connectivity index (χ1n) is 4.66. The largest absolute Gasteiger partial charge is 0.503 e. The van der Waals surface area contributed by atoms with Gasteiger partial charge in [0, 0.05) is 13.1 Å². The second-order valence-electron chi connectivity index (χ2n) is 2.90. The summed E-state index contributed by atoms with van der Waals surface area (Å²) in [7, 11) is 0. The number of allylic oxidation sites excluding steroid dienone is 2. The minimum atomic E-state index is -1.83. The highest BCUT2D eigenvalue weighted by atomic mass is 16.6. The maximum absolute atomic E-state index is 8.56. The Bertz CT molecular complexity index is 207. The average molecular weight is 199 g/mol. The lowest BCUT2D eigenvalue weighted by molar-refractivity contribution is 0.137. The molecule has 0 aliphatic carbocycles. The first kappa shape index (κ1) is 12.6. The van der Waals surface area contributed by atoms with Crippen molar-refractivity contribution >= 4 is 6.16 Å². The smallest absolute Gasteiger partial charge is 0.450 e. The molecule has 0 fully saturated rings. The molecule has 1 rings (SSSR count). The van der Waals surface area contributed by atoms with Crippen molar-refractivity contribution < 1.29 is 15.0 Å². The number of unbranched alkanes of at least 4 members (excludes halogenated alkanes) is 1. The van der Waals surface area contributed by atoms with Gasteiger partial charge in [0.1, 0.15) is 0 Å². The molecule has 0 spiro atoms. The zero-order chi connectivity index (χ0) is 10.8. The topological polar surface area (TPSA) is 60.8 Å². The van der Waals surface area contributed by atoms with Gasteiger partial charge in [0.2, 0.25) is 0 Å². The number of hydrogen-bond donors (Lipinski definition) is 2. The summed E-state index contributed by atoms with van der Waals surface area (Å²) in [6.45, 7) is 4.53. The van der Waals surface area contributed by atoms with Crippen molar-refractivity contribution in [3.05, 3.63) is 24.4 Å². The standard InChI is InChI=1S/C9H15N.CH2O3/c1-2-3-7-10-8-5-4-6-9-10;2-1(3)4/h4-6,8H,2-3,7,9H2,1H3;(H2,2,3,4). The molecule has 1 aliphatic rings. The average Bonchev–Trinajstić information content (AvgIpc) is 2.15. The number of nitrogens with zero attached hydrogens (tertiary/aromatic N) is 1. The number of carboxylic acid groups (broad SMARTS) is 2. The van der Waals surface area contributed by atoms with E-state index >= 15 is 0 Å². The van der Waals surface area contributed by atoms with Crippen LogP contribution in [0.1, 0.15) is 19.8 Å². The summed E-state index contributed by atoms with van der Waals surface area (Å²) in [5.41, 5.74) is 0. The summed E-state index contributed by atoms with van der Waals surface area (Å²) in [5, 5.41) is 13.9. The quantitative estimate of drug-likeness (QED) is 0.732. The predicted octanol–water partition coefficient (Wildman–Crippen LogP) is 2.39. The van der Waals surface area contributed by atoms with Crippen molar-refractivity contribution in [2.24, 2.45) is 0 Å². The van der Waals surface area contributed by atoms with E-state index in [2.05, 4.69) is 36.3 Å². The molecule has 0 amide bonds. The fourth-order valence-corrected chi connectivity index (χ4v) is 1.03. The van der Waals surface area contributed by atoms with Crippen LogP contribution in [0.25, 0.3) is 0 Å². The normalized spacial score (nSPS) is 13.4. The summed E-state index contributed by atoms with van der Waals surface area (Å²) in [4.78, 5) is 10.9. The highest BCUT2D eigenvalue weighted by Gasteiger charge is 1.96. The van der Waals surface area contributed by atoms with Crippen LogP contribution in [0.4, 0.5) is 4.79 Å². The summed E-state index contributed by atoms with van der Waals surface area (Å²) in [6.07, 6.45) is 9.30. The molecule has 4 heteroatoms. The Balaban J connectivity index is 0.000000364. The van der Waals surface area contributed by atoms with Crippen LogP contribution >= 0.6 is 0 Å². The molecule has 80 valence electrons. The van der Waals surface area contributed by atoms with Crippen molar-refractivity contribution in [3.8, 4) is 0 Å². The highest BCUT2D eigenvalue weighted by molar-refractivity contribution is 5.53. The lowest BCUT2D eigenvalue weighted by Gasteiger charge is -2.19. The maximum atomic E-state index is 8.56. The van der Waals surface area contributed by atoms with Crippen LogP contribution in [0.15, 0.2) is 24.4 Å². The zero-order valence-electron chi connectivity index (χ0n) is 8.39. The molecule has 1 heterocycles. The third-order valence-corrected chi connectivity index (χ3v) is 1.68. The second kappa shape index (κ2) is 8.16. The van der Waals surface area contributed by atoms with Crippen molar-refractivity contribution in [1.29, 1.82) is 0 Å². The minimum absolute atomic E-state index is 1.09. The van der Waals surface area contributed by atoms with Gasteiger partial charge in [0.25, 0.3) is 0 Å². The van der Waals surface area contributed by atoms with Gasteiger partial charge in [-0.3, -0.25) is 0 Å².